The number of likely N-dealkylation sites (tertiary alicyclic amines) is 2. The van der Waals surface area contributed by atoms with Crippen molar-refractivity contribution in [3.05, 3.63) is 41.2 Å². The van der Waals surface area contributed by atoms with Crippen LogP contribution in [0.3, 0.4) is 0 Å². The highest BCUT2D eigenvalue weighted by Gasteiger charge is 2.34. The van der Waals surface area contributed by atoms with Gasteiger partial charge in [0.05, 0.1) is 5.56 Å². The van der Waals surface area contributed by atoms with Gasteiger partial charge in [0, 0.05) is 25.2 Å². The molecule has 1 aromatic carbocycles. The number of carbonyl (C=O) groups excluding carboxylic acids is 1. The highest BCUT2D eigenvalue weighted by Crippen LogP contribution is 2.32. The Hall–Kier alpha value is -1.89. The van der Waals surface area contributed by atoms with Crippen LogP contribution in [-0.2, 0) is 11.0 Å². The summed E-state index contributed by atoms with van der Waals surface area (Å²) in [6.45, 7) is 3.57. The molecule has 2 heterocycles. The minimum Gasteiger partial charge on any atom is -0.339 e. The van der Waals surface area contributed by atoms with Crippen LogP contribution >= 0.6 is 0 Å². The number of rotatable bonds is 3. The van der Waals surface area contributed by atoms with E-state index in [1.807, 2.05) is 0 Å². The van der Waals surface area contributed by atoms with Gasteiger partial charge < -0.3 is 9.80 Å². The molecule has 2 saturated heterocycles. The SMILES string of the molecule is O=C(C=Cc1ccc(F)c(C(F)(F)F)c1)N1CCC(N2CCCC2)CC1. The van der Waals surface area contributed by atoms with Crippen LogP contribution in [0.5, 0.6) is 0 Å². The number of piperidine rings is 1. The molecule has 0 N–H and O–H groups in total. The molecule has 0 atom stereocenters. The van der Waals surface area contributed by atoms with Crippen LogP contribution in [0.4, 0.5) is 17.6 Å². The first-order valence-electron chi connectivity index (χ1n) is 8.92. The lowest BCUT2D eigenvalue weighted by Crippen LogP contribution is -2.45. The standard InChI is InChI=1S/C19H22F4N2O/c20-17-5-3-14(13-16(17)19(21,22)23)4-6-18(26)25-11-7-15(8-12-25)24-9-1-2-10-24/h3-6,13,15H,1-2,7-12H2. The minimum absolute atomic E-state index is 0.152. The van der Waals surface area contributed by atoms with E-state index in [9.17, 15) is 22.4 Å². The first-order chi connectivity index (χ1) is 12.3. The smallest absolute Gasteiger partial charge is 0.339 e. The summed E-state index contributed by atoms with van der Waals surface area (Å²) in [4.78, 5) is 16.5. The number of hydrogen-bond acceptors (Lipinski definition) is 2. The minimum atomic E-state index is -4.75. The van der Waals surface area contributed by atoms with E-state index in [1.54, 1.807) is 4.90 Å². The molecule has 0 radical (unpaired) electrons. The average Bonchev–Trinajstić information content (AvgIpc) is 3.14. The Kier molecular flexibility index (Phi) is 5.65. The van der Waals surface area contributed by atoms with Gasteiger partial charge in [-0.05, 0) is 62.5 Å². The summed E-state index contributed by atoms with van der Waals surface area (Å²) in [6.07, 6.45) is 2.14. The van der Waals surface area contributed by atoms with Crippen molar-refractivity contribution in [2.24, 2.45) is 0 Å². The van der Waals surface area contributed by atoms with E-state index in [4.69, 9.17) is 0 Å². The van der Waals surface area contributed by atoms with Gasteiger partial charge in [0.25, 0.3) is 0 Å². The molecule has 26 heavy (non-hydrogen) atoms. The first kappa shape index (κ1) is 18.9. The fraction of sp³-hybridized carbons (Fsp3) is 0.526. The Bertz CT molecular complexity index is 673. The second kappa shape index (κ2) is 7.78. The molecule has 0 aliphatic carbocycles. The van der Waals surface area contributed by atoms with E-state index in [0.717, 1.165) is 38.1 Å². The zero-order valence-electron chi connectivity index (χ0n) is 14.4. The molecular weight excluding hydrogens is 348 g/mol. The van der Waals surface area contributed by atoms with Crippen LogP contribution < -0.4 is 0 Å². The monoisotopic (exact) mass is 370 g/mol. The van der Waals surface area contributed by atoms with Crippen molar-refractivity contribution in [3.8, 4) is 0 Å². The summed E-state index contributed by atoms with van der Waals surface area (Å²) in [5, 5.41) is 0. The molecule has 1 amide bonds. The van der Waals surface area contributed by atoms with Gasteiger partial charge in [-0.1, -0.05) is 6.07 Å². The number of benzene rings is 1. The number of halogens is 4. The van der Waals surface area contributed by atoms with Crippen molar-refractivity contribution < 1.29 is 22.4 Å². The zero-order valence-corrected chi connectivity index (χ0v) is 14.4. The van der Waals surface area contributed by atoms with Crippen molar-refractivity contribution >= 4 is 12.0 Å². The predicted molar refractivity (Wildman–Crippen MR) is 90.8 cm³/mol. The quantitative estimate of drug-likeness (QED) is 0.594. The number of nitrogens with zero attached hydrogens (tertiary/aromatic N) is 2. The Morgan fingerprint density at radius 1 is 1.08 bits per heavy atom. The molecule has 0 spiro atoms. The highest BCUT2D eigenvalue weighted by molar-refractivity contribution is 5.91. The molecule has 1 aromatic rings. The number of amides is 1. The third-order valence-corrected chi connectivity index (χ3v) is 5.15. The fourth-order valence-electron chi connectivity index (χ4n) is 3.69. The van der Waals surface area contributed by atoms with Crippen molar-refractivity contribution in [2.45, 2.75) is 37.9 Å². The molecule has 0 unspecified atom stereocenters. The van der Waals surface area contributed by atoms with E-state index in [0.29, 0.717) is 19.1 Å². The Morgan fingerprint density at radius 2 is 1.73 bits per heavy atom. The fourth-order valence-corrected chi connectivity index (χ4v) is 3.69. The summed E-state index contributed by atoms with van der Waals surface area (Å²) >= 11 is 0. The molecule has 2 aliphatic rings. The average molecular weight is 370 g/mol. The maximum absolute atomic E-state index is 13.3. The summed E-state index contributed by atoms with van der Waals surface area (Å²) in [5.41, 5.74) is -1.17. The van der Waals surface area contributed by atoms with Crippen molar-refractivity contribution in [3.63, 3.8) is 0 Å². The molecule has 2 fully saturated rings. The summed E-state index contributed by atoms with van der Waals surface area (Å²) in [6, 6.07) is 3.25. The summed E-state index contributed by atoms with van der Waals surface area (Å²) in [7, 11) is 0. The molecule has 0 saturated carbocycles. The summed E-state index contributed by atoms with van der Waals surface area (Å²) < 4.78 is 51.5. The van der Waals surface area contributed by atoms with Crippen LogP contribution in [0.15, 0.2) is 24.3 Å². The van der Waals surface area contributed by atoms with Crippen LogP contribution in [0.25, 0.3) is 6.08 Å². The van der Waals surface area contributed by atoms with E-state index in [2.05, 4.69) is 4.90 Å². The lowest BCUT2D eigenvalue weighted by Gasteiger charge is -2.36. The lowest BCUT2D eigenvalue weighted by atomic mass is 10.0. The van der Waals surface area contributed by atoms with Crippen LogP contribution in [-0.4, -0.2) is 47.9 Å². The zero-order chi connectivity index (χ0) is 18.7. The van der Waals surface area contributed by atoms with Gasteiger partial charge in [0.2, 0.25) is 5.91 Å². The Balaban J connectivity index is 1.58. The van der Waals surface area contributed by atoms with E-state index < -0.39 is 17.6 Å². The number of hydrogen-bond donors (Lipinski definition) is 0. The van der Waals surface area contributed by atoms with Gasteiger partial charge in [-0.15, -0.1) is 0 Å². The topological polar surface area (TPSA) is 23.6 Å². The van der Waals surface area contributed by atoms with Crippen LogP contribution in [0, 0.1) is 5.82 Å². The van der Waals surface area contributed by atoms with E-state index >= 15 is 0 Å². The Labute approximate surface area is 150 Å². The lowest BCUT2D eigenvalue weighted by molar-refractivity contribution is -0.140. The molecular formula is C19H22F4N2O. The van der Waals surface area contributed by atoms with Gasteiger partial charge in [0.15, 0.2) is 0 Å². The second-order valence-corrected chi connectivity index (χ2v) is 6.87. The maximum atomic E-state index is 13.3. The van der Waals surface area contributed by atoms with E-state index in [-0.39, 0.29) is 11.5 Å². The largest absolute Gasteiger partial charge is 0.419 e. The number of carbonyl (C=O) groups is 1. The normalized spacial score (nSPS) is 20.2. The third kappa shape index (κ3) is 4.44. The number of alkyl halides is 3. The molecule has 0 aromatic heterocycles. The Morgan fingerprint density at radius 3 is 2.35 bits per heavy atom. The van der Waals surface area contributed by atoms with Crippen molar-refractivity contribution in [1.82, 2.24) is 9.80 Å². The highest BCUT2D eigenvalue weighted by atomic mass is 19.4. The van der Waals surface area contributed by atoms with Gasteiger partial charge >= 0.3 is 6.18 Å². The summed E-state index contributed by atoms with van der Waals surface area (Å²) in [5.74, 6) is -1.53. The van der Waals surface area contributed by atoms with Crippen molar-refractivity contribution in [2.75, 3.05) is 26.2 Å². The van der Waals surface area contributed by atoms with Gasteiger partial charge in [-0.25, -0.2) is 4.39 Å². The first-order valence-corrected chi connectivity index (χ1v) is 8.92. The molecule has 7 heteroatoms. The van der Waals surface area contributed by atoms with Gasteiger partial charge in [0.1, 0.15) is 5.82 Å². The second-order valence-electron chi connectivity index (χ2n) is 6.87. The molecule has 142 valence electrons. The molecule has 3 rings (SSSR count). The van der Waals surface area contributed by atoms with Crippen LogP contribution in [0.2, 0.25) is 0 Å². The third-order valence-electron chi connectivity index (χ3n) is 5.15. The van der Waals surface area contributed by atoms with E-state index in [1.165, 1.54) is 31.1 Å². The maximum Gasteiger partial charge on any atom is 0.419 e. The van der Waals surface area contributed by atoms with Gasteiger partial charge in [-0.3, -0.25) is 4.79 Å². The van der Waals surface area contributed by atoms with Crippen LogP contribution in [0.1, 0.15) is 36.8 Å². The van der Waals surface area contributed by atoms with Gasteiger partial charge in [-0.2, -0.15) is 13.2 Å². The predicted octanol–water partition coefficient (Wildman–Crippen LogP) is 3.94. The van der Waals surface area contributed by atoms with Crippen molar-refractivity contribution in [1.29, 1.82) is 0 Å². The molecule has 0 bridgehead atoms. The molecule has 3 nitrogen and oxygen atoms in total. The molecule has 2 aliphatic heterocycles.